The van der Waals surface area contributed by atoms with Crippen LogP contribution in [0.1, 0.15) is 28.8 Å². The summed E-state index contributed by atoms with van der Waals surface area (Å²) in [6.45, 7) is 0. The largest absolute Gasteiger partial charge is 0.497 e. The van der Waals surface area contributed by atoms with Crippen molar-refractivity contribution in [2.75, 3.05) is 18.7 Å². The average molecular weight is 523 g/mol. The van der Waals surface area contributed by atoms with E-state index in [0.717, 1.165) is 39.5 Å². The van der Waals surface area contributed by atoms with Gasteiger partial charge in [0.1, 0.15) is 17.5 Å². The van der Waals surface area contributed by atoms with Gasteiger partial charge >= 0.3 is 0 Å². The molecule has 0 fully saturated rings. The molecule has 6 rings (SSSR count). The Hall–Kier alpha value is -3.13. The number of methoxy groups -OCH3 is 1. The van der Waals surface area contributed by atoms with Crippen molar-refractivity contribution >= 4 is 46.6 Å². The van der Waals surface area contributed by atoms with Gasteiger partial charge in [-0.15, -0.1) is 5.10 Å². The van der Waals surface area contributed by atoms with Crippen molar-refractivity contribution in [3.8, 4) is 11.5 Å². The Labute approximate surface area is 216 Å². The van der Waals surface area contributed by atoms with Crippen molar-refractivity contribution in [2.24, 2.45) is 0 Å². The number of thioether (sulfide) groups is 1. The van der Waals surface area contributed by atoms with Gasteiger partial charge in [-0.1, -0.05) is 65.3 Å². The molecular weight excluding hydrogens is 503 g/mol. The number of fused-ring (bicyclic) bond motifs is 3. The summed E-state index contributed by atoms with van der Waals surface area (Å²) in [7, 11) is 1.66. The van der Waals surface area contributed by atoms with Crippen LogP contribution < -0.4 is 14.8 Å². The number of ether oxygens (including phenoxy) is 2. The van der Waals surface area contributed by atoms with E-state index in [-0.39, 0.29) is 6.04 Å². The third kappa shape index (κ3) is 3.75. The Balaban J connectivity index is 1.64. The van der Waals surface area contributed by atoms with Crippen LogP contribution in [0, 0.1) is 0 Å². The van der Waals surface area contributed by atoms with Gasteiger partial charge < -0.3 is 14.8 Å². The number of hydrogen-bond acceptors (Lipinski definition) is 6. The van der Waals surface area contributed by atoms with Crippen LogP contribution in [0.5, 0.6) is 11.5 Å². The number of hydrogen-bond donors (Lipinski definition) is 1. The summed E-state index contributed by atoms with van der Waals surface area (Å²) in [5.74, 6) is 2.15. The molecule has 4 aromatic rings. The molecule has 0 aliphatic carbocycles. The van der Waals surface area contributed by atoms with Gasteiger partial charge in [-0.25, -0.2) is 4.68 Å². The second kappa shape index (κ2) is 8.82. The van der Waals surface area contributed by atoms with Crippen LogP contribution in [0.15, 0.2) is 77.5 Å². The number of anilines is 1. The van der Waals surface area contributed by atoms with E-state index in [1.165, 1.54) is 11.8 Å². The fraction of sp³-hybridized carbons (Fsp3) is 0.154. The molecule has 1 aromatic heterocycles. The maximum Gasteiger partial charge on any atom is 0.227 e. The predicted octanol–water partition coefficient (Wildman–Crippen LogP) is 6.88. The van der Waals surface area contributed by atoms with E-state index in [0.29, 0.717) is 21.2 Å². The number of aromatic nitrogens is 3. The topological polar surface area (TPSA) is 61.2 Å². The molecule has 0 saturated carbocycles. The second-order valence-corrected chi connectivity index (χ2v) is 9.77. The monoisotopic (exact) mass is 522 g/mol. The van der Waals surface area contributed by atoms with Crippen LogP contribution in [0.3, 0.4) is 0 Å². The van der Waals surface area contributed by atoms with Crippen LogP contribution in [0.2, 0.25) is 10.0 Å². The van der Waals surface area contributed by atoms with Crippen molar-refractivity contribution in [1.82, 2.24) is 14.8 Å². The maximum absolute atomic E-state index is 6.70. The molecule has 0 spiro atoms. The molecule has 2 aliphatic rings. The molecule has 0 saturated heterocycles. The first-order valence-corrected chi connectivity index (χ1v) is 12.9. The van der Waals surface area contributed by atoms with Crippen molar-refractivity contribution in [2.45, 2.75) is 17.3 Å². The van der Waals surface area contributed by atoms with Crippen molar-refractivity contribution in [3.05, 3.63) is 99.0 Å². The predicted molar refractivity (Wildman–Crippen MR) is 140 cm³/mol. The molecular formula is C26H20Cl2N4O2S. The minimum Gasteiger partial charge on any atom is -0.497 e. The minimum atomic E-state index is -0.456. The summed E-state index contributed by atoms with van der Waals surface area (Å²) in [5, 5.41) is 10.3. The molecule has 176 valence electrons. The lowest BCUT2D eigenvalue weighted by atomic mass is 9.84. The van der Waals surface area contributed by atoms with Crippen molar-refractivity contribution < 1.29 is 9.47 Å². The lowest BCUT2D eigenvalue weighted by Gasteiger charge is -2.39. The first kappa shape index (κ1) is 22.3. The first-order valence-electron chi connectivity index (χ1n) is 10.9. The lowest BCUT2D eigenvalue weighted by molar-refractivity contribution is 0.223. The van der Waals surface area contributed by atoms with Crippen LogP contribution in [0.25, 0.3) is 5.70 Å². The van der Waals surface area contributed by atoms with E-state index >= 15 is 0 Å². The summed E-state index contributed by atoms with van der Waals surface area (Å²) < 4.78 is 13.9. The molecule has 3 heterocycles. The summed E-state index contributed by atoms with van der Waals surface area (Å²) in [6.07, 6.45) is 1.50. The molecule has 0 radical (unpaired) electrons. The molecule has 0 bridgehead atoms. The zero-order chi connectivity index (χ0) is 24.1. The van der Waals surface area contributed by atoms with E-state index in [9.17, 15) is 0 Å². The van der Waals surface area contributed by atoms with Gasteiger partial charge in [0, 0.05) is 26.7 Å². The molecule has 6 nitrogen and oxygen atoms in total. The summed E-state index contributed by atoms with van der Waals surface area (Å²) in [4.78, 5) is 4.73. The Kier molecular flexibility index (Phi) is 5.63. The number of halogens is 2. The van der Waals surface area contributed by atoms with Crippen LogP contribution in [-0.4, -0.2) is 28.1 Å². The minimum absolute atomic E-state index is 0.297. The van der Waals surface area contributed by atoms with Gasteiger partial charge in [0.25, 0.3) is 0 Å². The second-order valence-electron chi connectivity index (χ2n) is 8.16. The fourth-order valence-corrected chi connectivity index (χ4v) is 5.38. The van der Waals surface area contributed by atoms with Gasteiger partial charge in [0.05, 0.1) is 12.8 Å². The van der Waals surface area contributed by atoms with Gasteiger partial charge in [-0.3, -0.25) is 0 Å². The number of nitrogens with zero attached hydrogens (tertiary/aromatic N) is 3. The molecule has 3 aromatic carbocycles. The maximum atomic E-state index is 6.70. The standard InChI is InChI=1S/C26H20Cl2N4O2S/c1-33-16-10-7-14(8-11-16)23-21-22(29-25-30-26(35-2)31-32(23)25)18-13-15(27)9-12-20(18)34-24(21)17-5-3-4-6-19(17)28/h3-13,23-24H,1-2H3,(H,29,30,31)/t23-,24+/m0/s1. The molecule has 2 aliphatic heterocycles. The Morgan fingerprint density at radius 2 is 1.86 bits per heavy atom. The van der Waals surface area contributed by atoms with Gasteiger partial charge in [-0.2, -0.15) is 4.98 Å². The van der Waals surface area contributed by atoms with E-state index in [1.54, 1.807) is 7.11 Å². The highest BCUT2D eigenvalue weighted by molar-refractivity contribution is 7.98. The number of nitrogens with one attached hydrogen (secondary N) is 1. The van der Waals surface area contributed by atoms with E-state index in [2.05, 4.69) is 5.32 Å². The SMILES string of the molecule is COc1ccc([C@H]2C3=C(Nc4nc(SC)nn42)c2cc(Cl)ccc2O[C@@H]3c2ccccc2Cl)cc1. The van der Waals surface area contributed by atoms with E-state index < -0.39 is 6.10 Å². The van der Waals surface area contributed by atoms with Gasteiger partial charge in [0.2, 0.25) is 11.1 Å². The normalized spacial score (nSPS) is 18.2. The molecule has 9 heteroatoms. The van der Waals surface area contributed by atoms with Gasteiger partial charge in [0.15, 0.2) is 6.10 Å². The van der Waals surface area contributed by atoms with Crippen LogP contribution >= 0.6 is 35.0 Å². The zero-order valence-electron chi connectivity index (χ0n) is 18.8. The average Bonchev–Trinajstić information content (AvgIpc) is 3.30. The summed E-state index contributed by atoms with van der Waals surface area (Å²) >= 11 is 14.6. The smallest absolute Gasteiger partial charge is 0.227 e. The first-order chi connectivity index (χ1) is 17.1. The molecule has 0 amide bonds. The number of benzene rings is 3. The zero-order valence-corrected chi connectivity index (χ0v) is 21.2. The highest BCUT2D eigenvalue weighted by atomic mass is 35.5. The van der Waals surface area contributed by atoms with Gasteiger partial charge in [-0.05, 0) is 48.2 Å². The number of rotatable bonds is 4. The highest BCUT2D eigenvalue weighted by Crippen LogP contribution is 2.52. The molecule has 2 atom stereocenters. The van der Waals surface area contributed by atoms with Crippen molar-refractivity contribution in [1.29, 1.82) is 0 Å². The lowest BCUT2D eigenvalue weighted by Crippen LogP contribution is -2.32. The molecule has 1 N–H and O–H groups in total. The van der Waals surface area contributed by atoms with E-state index in [4.69, 9.17) is 42.8 Å². The fourth-order valence-electron chi connectivity index (χ4n) is 4.62. The molecule has 35 heavy (non-hydrogen) atoms. The Morgan fingerprint density at radius 1 is 1.06 bits per heavy atom. The van der Waals surface area contributed by atoms with Crippen LogP contribution in [-0.2, 0) is 0 Å². The Morgan fingerprint density at radius 3 is 2.60 bits per heavy atom. The quantitative estimate of drug-likeness (QED) is 0.295. The Bertz CT molecular complexity index is 1470. The third-order valence-corrected chi connectivity index (χ3v) is 7.33. The van der Waals surface area contributed by atoms with Crippen molar-refractivity contribution in [3.63, 3.8) is 0 Å². The highest BCUT2D eigenvalue weighted by Gasteiger charge is 2.42. The van der Waals surface area contributed by atoms with Crippen LogP contribution in [0.4, 0.5) is 5.95 Å². The molecule has 0 unspecified atom stereocenters. The summed E-state index contributed by atoms with van der Waals surface area (Å²) in [5.41, 5.74) is 4.63. The summed E-state index contributed by atoms with van der Waals surface area (Å²) in [6, 6.07) is 21.1. The third-order valence-electron chi connectivity index (χ3n) is 6.22. The van der Waals surface area contributed by atoms with E-state index in [1.807, 2.05) is 77.7 Å².